The Morgan fingerprint density at radius 2 is 1.73 bits per heavy atom. The number of aliphatic hydroxyl groups is 1. The van der Waals surface area contributed by atoms with Crippen LogP contribution >= 0.6 is 0 Å². The van der Waals surface area contributed by atoms with Gasteiger partial charge in [-0.05, 0) is 26.2 Å². The number of hydrogen-bond acceptors (Lipinski definition) is 3. The molecular formula is C11H24N2O2. The van der Waals surface area contributed by atoms with E-state index < -0.39 is 11.1 Å². The van der Waals surface area contributed by atoms with Crippen LogP contribution in [0.4, 0.5) is 0 Å². The van der Waals surface area contributed by atoms with Gasteiger partial charge < -0.3 is 16.2 Å². The molecule has 0 rings (SSSR count). The van der Waals surface area contributed by atoms with Crippen molar-refractivity contribution in [1.82, 2.24) is 5.32 Å². The lowest BCUT2D eigenvalue weighted by molar-refractivity contribution is -0.127. The average Bonchev–Trinajstić information content (AvgIpc) is 2.24. The molecule has 0 heterocycles. The van der Waals surface area contributed by atoms with E-state index in [1.54, 1.807) is 6.92 Å². The number of hydrogen-bond donors (Lipinski definition) is 3. The van der Waals surface area contributed by atoms with Gasteiger partial charge in [0.15, 0.2) is 0 Å². The molecule has 1 atom stereocenters. The standard InChI is InChI=1S/C11H24N2O2/c1-5-10(4,15)8-13-9(14)11(12,6-2)7-3/h15H,5-8,12H2,1-4H3,(H,13,14). The number of nitrogens with one attached hydrogen (secondary N) is 1. The third kappa shape index (κ3) is 4.18. The highest BCUT2D eigenvalue weighted by Gasteiger charge is 2.31. The van der Waals surface area contributed by atoms with Gasteiger partial charge in [0.1, 0.15) is 0 Å². The summed E-state index contributed by atoms with van der Waals surface area (Å²) in [5, 5.41) is 12.4. The predicted octanol–water partition coefficient (Wildman–Crippen LogP) is 0.781. The molecule has 0 bridgehead atoms. The fourth-order valence-electron chi connectivity index (χ4n) is 1.14. The first-order valence-corrected chi connectivity index (χ1v) is 5.61. The van der Waals surface area contributed by atoms with Crippen molar-refractivity contribution in [2.24, 2.45) is 5.73 Å². The Morgan fingerprint density at radius 1 is 1.27 bits per heavy atom. The molecule has 1 amide bonds. The molecule has 0 aliphatic heterocycles. The second-order valence-corrected chi connectivity index (χ2v) is 4.40. The van der Waals surface area contributed by atoms with Gasteiger partial charge in [-0.15, -0.1) is 0 Å². The maximum absolute atomic E-state index is 11.7. The van der Waals surface area contributed by atoms with Crippen LogP contribution in [0.3, 0.4) is 0 Å². The van der Waals surface area contributed by atoms with Crippen molar-refractivity contribution in [2.45, 2.75) is 58.1 Å². The van der Waals surface area contributed by atoms with Gasteiger partial charge in [0.05, 0.1) is 11.1 Å². The number of carbonyl (C=O) groups is 1. The smallest absolute Gasteiger partial charge is 0.240 e. The molecule has 0 aromatic heterocycles. The number of carbonyl (C=O) groups excluding carboxylic acids is 1. The van der Waals surface area contributed by atoms with Crippen LogP contribution in [0, 0.1) is 0 Å². The van der Waals surface area contributed by atoms with E-state index in [4.69, 9.17) is 5.73 Å². The Balaban J connectivity index is 4.26. The van der Waals surface area contributed by atoms with E-state index in [0.29, 0.717) is 19.3 Å². The summed E-state index contributed by atoms with van der Waals surface area (Å²) < 4.78 is 0. The largest absolute Gasteiger partial charge is 0.388 e. The Labute approximate surface area is 92.2 Å². The molecule has 0 saturated carbocycles. The van der Waals surface area contributed by atoms with Gasteiger partial charge in [-0.3, -0.25) is 4.79 Å². The fraction of sp³-hybridized carbons (Fsp3) is 0.909. The maximum Gasteiger partial charge on any atom is 0.240 e. The minimum absolute atomic E-state index is 0.179. The molecule has 15 heavy (non-hydrogen) atoms. The summed E-state index contributed by atoms with van der Waals surface area (Å²) in [5.41, 5.74) is 4.27. The Bertz CT molecular complexity index is 211. The monoisotopic (exact) mass is 216 g/mol. The summed E-state index contributed by atoms with van der Waals surface area (Å²) in [6.07, 6.45) is 1.80. The van der Waals surface area contributed by atoms with Crippen molar-refractivity contribution in [3.63, 3.8) is 0 Å². The minimum atomic E-state index is -0.849. The van der Waals surface area contributed by atoms with Gasteiger partial charge in [0, 0.05) is 6.54 Å². The summed E-state index contributed by atoms with van der Waals surface area (Å²) in [6.45, 7) is 7.61. The molecule has 1 unspecified atom stereocenters. The van der Waals surface area contributed by atoms with Gasteiger partial charge in [-0.25, -0.2) is 0 Å². The lowest BCUT2D eigenvalue weighted by atomic mass is 9.92. The Morgan fingerprint density at radius 3 is 2.07 bits per heavy atom. The van der Waals surface area contributed by atoms with Crippen LogP contribution in [0.5, 0.6) is 0 Å². The van der Waals surface area contributed by atoms with Crippen LogP contribution in [-0.4, -0.2) is 28.7 Å². The molecule has 0 spiro atoms. The van der Waals surface area contributed by atoms with Crippen molar-refractivity contribution in [2.75, 3.05) is 6.54 Å². The van der Waals surface area contributed by atoms with E-state index in [-0.39, 0.29) is 12.5 Å². The zero-order valence-corrected chi connectivity index (χ0v) is 10.3. The Hall–Kier alpha value is -0.610. The molecule has 4 heteroatoms. The minimum Gasteiger partial charge on any atom is -0.388 e. The van der Waals surface area contributed by atoms with E-state index in [9.17, 15) is 9.90 Å². The summed E-state index contributed by atoms with van der Waals surface area (Å²) in [7, 11) is 0. The third-order valence-corrected chi connectivity index (χ3v) is 3.11. The van der Waals surface area contributed by atoms with E-state index in [0.717, 1.165) is 0 Å². The van der Waals surface area contributed by atoms with Crippen LogP contribution in [-0.2, 0) is 4.79 Å². The average molecular weight is 216 g/mol. The predicted molar refractivity (Wildman–Crippen MR) is 61.4 cm³/mol. The van der Waals surface area contributed by atoms with Crippen LogP contribution in [0.2, 0.25) is 0 Å². The second kappa shape index (κ2) is 5.47. The highest BCUT2D eigenvalue weighted by Crippen LogP contribution is 2.12. The maximum atomic E-state index is 11.7. The normalized spacial score (nSPS) is 15.9. The van der Waals surface area contributed by atoms with E-state index in [2.05, 4.69) is 5.32 Å². The van der Waals surface area contributed by atoms with Gasteiger partial charge in [0.25, 0.3) is 0 Å². The first-order valence-electron chi connectivity index (χ1n) is 5.61. The van der Waals surface area contributed by atoms with Crippen LogP contribution in [0.25, 0.3) is 0 Å². The summed E-state index contributed by atoms with van der Waals surface area (Å²) in [4.78, 5) is 11.7. The lowest BCUT2D eigenvalue weighted by Crippen LogP contribution is -2.55. The molecule has 0 saturated heterocycles. The Kier molecular flexibility index (Phi) is 5.24. The zero-order chi connectivity index (χ0) is 12.1. The molecule has 4 N–H and O–H groups in total. The molecule has 0 aromatic rings. The number of amides is 1. The van der Waals surface area contributed by atoms with Gasteiger partial charge in [-0.1, -0.05) is 20.8 Å². The van der Waals surface area contributed by atoms with Crippen LogP contribution in [0.15, 0.2) is 0 Å². The molecule has 90 valence electrons. The van der Waals surface area contributed by atoms with Crippen LogP contribution < -0.4 is 11.1 Å². The third-order valence-electron chi connectivity index (χ3n) is 3.11. The number of rotatable bonds is 6. The van der Waals surface area contributed by atoms with Gasteiger partial charge in [0.2, 0.25) is 5.91 Å². The fourth-order valence-corrected chi connectivity index (χ4v) is 1.14. The van der Waals surface area contributed by atoms with E-state index in [1.807, 2.05) is 20.8 Å². The van der Waals surface area contributed by atoms with Gasteiger partial charge >= 0.3 is 0 Å². The van der Waals surface area contributed by atoms with Crippen molar-refractivity contribution in [1.29, 1.82) is 0 Å². The van der Waals surface area contributed by atoms with Crippen molar-refractivity contribution >= 4 is 5.91 Å². The molecule has 0 aliphatic carbocycles. The second-order valence-electron chi connectivity index (χ2n) is 4.40. The quantitative estimate of drug-likeness (QED) is 0.614. The van der Waals surface area contributed by atoms with Crippen LogP contribution in [0.1, 0.15) is 47.0 Å². The van der Waals surface area contributed by atoms with Crippen molar-refractivity contribution < 1.29 is 9.90 Å². The molecule has 0 aromatic carbocycles. The zero-order valence-electron chi connectivity index (χ0n) is 10.3. The molecule has 0 aliphatic rings. The van der Waals surface area contributed by atoms with Crippen molar-refractivity contribution in [3.8, 4) is 0 Å². The molecule has 4 nitrogen and oxygen atoms in total. The first kappa shape index (κ1) is 14.4. The highest BCUT2D eigenvalue weighted by molar-refractivity contribution is 5.85. The summed E-state index contributed by atoms with van der Waals surface area (Å²) in [5.74, 6) is -0.179. The lowest BCUT2D eigenvalue weighted by Gasteiger charge is -2.28. The molecule has 0 radical (unpaired) electrons. The summed E-state index contributed by atoms with van der Waals surface area (Å²) in [6, 6.07) is 0. The van der Waals surface area contributed by atoms with E-state index in [1.165, 1.54) is 0 Å². The van der Waals surface area contributed by atoms with Crippen molar-refractivity contribution in [3.05, 3.63) is 0 Å². The topological polar surface area (TPSA) is 75.3 Å². The SMILES string of the molecule is CCC(C)(O)CNC(=O)C(N)(CC)CC. The van der Waals surface area contributed by atoms with E-state index >= 15 is 0 Å². The highest BCUT2D eigenvalue weighted by atomic mass is 16.3. The number of nitrogens with two attached hydrogens (primary N) is 1. The summed E-state index contributed by atoms with van der Waals surface area (Å²) >= 11 is 0. The van der Waals surface area contributed by atoms with Gasteiger partial charge in [-0.2, -0.15) is 0 Å². The first-order chi connectivity index (χ1) is 6.81. The molecule has 0 fully saturated rings. The molecular weight excluding hydrogens is 192 g/mol.